The van der Waals surface area contributed by atoms with Gasteiger partial charge < -0.3 is 9.84 Å². The van der Waals surface area contributed by atoms with Crippen LogP contribution < -0.4 is 0 Å². The monoisotopic (exact) mass is 262 g/mol. The van der Waals surface area contributed by atoms with Crippen LogP contribution in [0.1, 0.15) is 17.9 Å². The highest BCUT2D eigenvalue weighted by atomic mass is 19.1. The number of allylic oxidation sites excluding steroid dienone is 3. The van der Waals surface area contributed by atoms with Gasteiger partial charge in [0, 0.05) is 5.92 Å². The van der Waals surface area contributed by atoms with E-state index in [2.05, 4.69) is 4.74 Å². The number of methoxy groups -OCH3 is 1. The molecule has 0 saturated carbocycles. The topological polar surface area (TPSA) is 46.5 Å². The molecule has 2 atom stereocenters. The maximum absolute atomic E-state index is 13.8. The van der Waals surface area contributed by atoms with Crippen molar-refractivity contribution in [2.24, 2.45) is 0 Å². The Labute approximate surface area is 111 Å². The number of halogens is 1. The van der Waals surface area contributed by atoms with E-state index in [-0.39, 0.29) is 11.7 Å². The van der Waals surface area contributed by atoms with Crippen LogP contribution in [-0.4, -0.2) is 24.3 Å². The molecular weight excluding hydrogens is 247 g/mol. The molecule has 3 nitrogen and oxygen atoms in total. The van der Waals surface area contributed by atoms with Crippen LogP contribution in [0.5, 0.6) is 0 Å². The second-order valence-electron chi connectivity index (χ2n) is 4.33. The van der Waals surface area contributed by atoms with E-state index < -0.39 is 12.1 Å². The van der Waals surface area contributed by atoms with E-state index in [0.717, 1.165) is 0 Å². The maximum Gasteiger partial charge on any atom is 0.339 e. The van der Waals surface area contributed by atoms with E-state index in [0.29, 0.717) is 17.6 Å². The summed E-state index contributed by atoms with van der Waals surface area (Å²) in [6.45, 7) is 0. The van der Waals surface area contributed by atoms with Crippen molar-refractivity contribution in [3.8, 4) is 0 Å². The van der Waals surface area contributed by atoms with Crippen LogP contribution in [-0.2, 0) is 9.53 Å². The predicted octanol–water partition coefficient (Wildman–Crippen LogP) is 2.33. The second kappa shape index (κ2) is 5.80. The van der Waals surface area contributed by atoms with Crippen LogP contribution in [0, 0.1) is 5.82 Å². The highest BCUT2D eigenvalue weighted by Crippen LogP contribution is 2.34. The molecule has 4 heteroatoms. The zero-order chi connectivity index (χ0) is 13.8. The van der Waals surface area contributed by atoms with Crippen molar-refractivity contribution in [1.29, 1.82) is 0 Å². The van der Waals surface area contributed by atoms with Gasteiger partial charge in [-0.2, -0.15) is 0 Å². The summed E-state index contributed by atoms with van der Waals surface area (Å²) in [6.07, 6.45) is 4.45. The molecule has 0 heterocycles. The van der Waals surface area contributed by atoms with Crippen LogP contribution in [0.3, 0.4) is 0 Å². The number of aliphatic hydroxyl groups is 1. The first-order valence-electron chi connectivity index (χ1n) is 6.02. The fraction of sp³-hybridized carbons (Fsp3) is 0.267. The van der Waals surface area contributed by atoms with Gasteiger partial charge in [0.1, 0.15) is 5.82 Å². The van der Waals surface area contributed by atoms with Gasteiger partial charge in [0.15, 0.2) is 6.10 Å². The Balaban J connectivity index is 2.35. The number of hydrogen-bond donors (Lipinski definition) is 1. The third-order valence-corrected chi connectivity index (χ3v) is 3.22. The molecule has 0 aromatic heterocycles. The second-order valence-corrected chi connectivity index (χ2v) is 4.33. The number of aliphatic hydroxyl groups excluding tert-OH is 1. The fourth-order valence-corrected chi connectivity index (χ4v) is 2.24. The summed E-state index contributed by atoms with van der Waals surface area (Å²) < 4.78 is 18.4. The zero-order valence-corrected chi connectivity index (χ0v) is 10.5. The van der Waals surface area contributed by atoms with Crippen molar-refractivity contribution in [3.63, 3.8) is 0 Å². The van der Waals surface area contributed by atoms with Crippen LogP contribution in [0.2, 0.25) is 0 Å². The van der Waals surface area contributed by atoms with Crippen molar-refractivity contribution in [3.05, 3.63) is 59.4 Å². The van der Waals surface area contributed by atoms with Crippen molar-refractivity contribution >= 4 is 5.97 Å². The van der Waals surface area contributed by atoms with Gasteiger partial charge in [-0.05, 0) is 23.6 Å². The number of benzene rings is 1. The van der Waals surface area contributed by atoms with Gasteiger partial charge >= 0.3 is 5.97 Å². The first kappa shape index (κ1) is 13.5. The Bertz CT molecular complexity index is 534. The fourth-order valence-electron chi connectivity index (χ4n) is 2.24. The third-order valence-electron chi connectivity index (χ3n) is 3.22. The van der Waals surface area contributed by atoms with Gasteiger partial charge in [0.05, 0.1) is 7.11 Å². The maximum atomic E-state index is 13.8. The molecule has 19 heavy (non-hydrogen) atoms. The Morgan fingerprint density at radius 2 is 2.21 bits per heavy atom. The highest BCUT2D eigenvalue weighted by Gasteiger charge is 2.29. The van der Waals surface area contributed by atoms with Gasteiger partial charge in [-0.3, -0.25) is 0 Å². The summed E-state index contributed by atoms with van der Waals surface area (Å²) in [5, 5.41) is 9.97. The summed E-state index contributed by atoms with van der Waals surface area (Å²) >= 11 is 0. The van der Waals surface area contributed by atoms with E-state index in [1.54, 1.807) is 30.4 Å². The van der Waals surface area contributed by atoms with Gasteiger partial charge in [-0.25, -0.2) is 9.18 Å². The number of ether oxygens (including phenoxy) is 1. The summed E-state index contributed by atoms with van der Waals surface area (Å²) in [4.78, 5) is 11.4. The summed E-state index contributed by atoms with van der Waals surface area (Å²) in [7, 11) is 1.21. The molecule has 0 saturated heterocycles. The molecular formula is C15H15FO3. The average Bonchev–Trinajstić information content (AvgIpc) is 2.46. The van der Waals surface area contributed by atoms with E-state index in [1.807, 2.05) is 6.08 Å². The molecule has 2 unspecified atom stereocenters. The van der Waals surface area contributed by atoms with Crippen LogP contribution in [0.25, 0.3) is 0 Å². The summed E-state index contributed by atoms with van der Waals surface area (Å²) in [5.41, 5.74) is 0.931. The third kappa shape index (κ3) is 2.74. The van der Waals surface area contributed by atoms with Gasteiger partial charge in [0.25, 0.3) is 0 Å². The lowest BCUT2D eigenvalue weighted by Crippen LogP contribution is -2.28. The molecule has 1 aliphatic rings. The quantitative estimate of drug-likeness (QED) is 0.850. The number of carbonyl (C=O) groups excluding carboxylic acids is 1. The summed E-state index contributed by atoms with van der Waals surface area (Å²) in [5.74, 6) is -1.42. The predicted molar refractivity (Wildman–Crippen MR) is 69.0 cm³/mol. The van der Waals surface area contributed by atoms with Gasteiger partial charge in [-0.1, -0.05) is 36.4 Å². The number of esters is 1. The van der Waals surface area contributed by atoms with Crippen LogP contribution in [0.4, 0.5) is 4.39 Å². The Hall–Kier alpha value is -1.94. The summed E-state index contributed by atoms with van der Waals surface area (Å²) in [6, 6.07) is 6.38. The lowest BCUT2D eigenvalue weighted by atomic mass is 9.82. The van der Waals surface area contributed by atoms with Crippen LogP contribution >= 0.6 is 0 Å². The normalized spacial score (nSPS) is 19.7. The van der Waals surface area contributed by atoms with Gasteiger partial charge in [-0.15, -0.1) is 0 Å². The first-order chi connectivity index (χ1) is 9.15. The molecule has 2 rings (SSSR count). The molecule has 0 spiro atoms. The highest BCUT2D eigenvalue weighted by molar-refractivity contribution is 5.78. The Morgan fingerprint density at radius 1 is 1.47 bits per heavy atom. The molecule has 0 bridgehead atoms. The number of rotatable bonds is 3. The van der Waals surface area contributed by atoms with Gasteiger partial charge in [0.2, 0.25) is 0 Å². The number of carbonyl (C=O) groups is 1. The van der Waals surface area contributed by atoms with E-state index in [1.165, 1.54) is 13.2 Å². The minimum atomic E-state index is -1.36. The first-order valence-corrected chi connectivity index (χ1v) is 6.02. The molecule has 0 fully saturated rings. The average molecular weight is 262 g/mol. The lowest BCUT2D eigenvalue weighted by molar-refractivity contribution is -0.148. The smallest absolute Gasteiger partial charge is 0.339 e. The Kier molecular flexibility index (Phi) is 4.12. The van der Waals surface area contributed by atoms with Crippen molar-refractivity contribution in [1.82, 2.24) is 0 Å². The minimum absolute atomic E-state index is 0.342. The molecule has 1 N–H and O–H groups in total. The molecule has 100 valence electrons. The van der Waals surface area contributed by atoms with E-state index in [4.69, 9.17) is 0 Å². The van der Waals surface area contributed by atoms with Crippen molar-refractivity contribution in [2.75, 3.05) is 7.11 Å². The SMILES string of the molecule is COC(=O)C(O)C1=CC=CCC1c1ccccc1F. The van der Waals surface area contributed by atoms with Crippen molar-refractivity contribution in [2.45, 2.75) is 18.4 Å². The molecule has 1 aromatic rings. The molecule has 0 aliphatic heterocycles. The standard InChI is InChI=1S/C15H15FO3/c1-19-15(18)14(17)12-8-3-2-6-10(12)11-7-4-5-9-13(11)16/h2-5,7-10,14,17H,6H2,1H3. The molecule has 0 amide bonds. The van der Waals surface area contributed by atoms with Crippen LogP contribution in [0.15, 0.2) is 48.1 Å². The minimum Gasteiger partial charge on any atom is -0.467 e. The molecule has 1 aromatic carbocycles. The molecule has 1 aliphatic carbocycles. The molecule has 0 radical (unpaired) electrons. The van der Waals surface area contributed by atoms with E-state index >= 15 is 0 Å². The van der Waals surface area contributed by atoms with Crippen molar-refractivity contribution < 1.29 is 19.0 Å². The lowest BCUT2D eigenvalue weighted by Gasteiger charge is -2.25. The van der Waals surface area contributed by atoms with E-state index in [9.17, 15) is 14.3 Å². The number of hydrogen-bond acceptors (Lipinski definition) is 3. The largest absolute Gasteiger partial charge is 0.467 e. The zero-order valence-electron chi connectivity index (χ0n) is 10.5. The Morgan fingerprint density at radius 3 is 2.89 bits per heavy atom.